The SMILES string of the molecule is C/C(=N/NC(N)=S)c1cccc(F)c1F. The number of halogens is 2. The van der Waals surface area contributed by atoms with Gasteiger partial charge in [0.05, 0.1) is 5.71 Å². The topological polar surface area (TPSA) is 50.4 Å². The van der Waals surface area contributed by atoms with Crippen LogP contribution in [0.1, 0.15) is 12.5 Å². The first-order valence-corrected chi connectivity index (χ1v) is 4.47. The van der Waals surface area contributed by atoms with Gasteiger partial charge in [-0.1, -0.05) is 6.07 Å². The highest BCUT2D eigenvalue weighted by Crippen LogP contribution is 2.11. The summed E-state index contributed by atoms with van der Waals surface area (Å²) >= 11 is 4.51. The second kappa shape index (κ2) is 4.79. The van der Waals surface area contributed by atoms with Crippen molar-refractivity contribution in [3.8, 4) is 0 Å². The van der Waals surface area contributed by atoms with Gasteiger partial charge >= 0.3 is 0 Å². The average molecular weight is 229 g/mol. The third-order valence-corrected chi connectivity index (χ3v) is 1.77. The lowest BCUT2D eigenvalue weighted by Crippen LogP contribution is -2.25. The fourth-order valence-corrected chi connectivity index (χ4v) is 1.03. The summed E-state index contributed by atoms with van der Waals surface area (Å²) in [4.78, 5) is 0. The van der Waals surface area contributed by atoms with Crippen LogP contribution in [0, 0.1) is 11.6 Å². The smallest absolute Gasteiger partial charge is 0.184 e. The van der Waals surface area contributed by atoms with E-state index in [-0.39, 0.29) is 16.4 Å². The zero-order valence-electron chi connectivity index (χ0n) is 7.92. The molecule has 0 aliphatic rings. The van der Waals surface area contributed by atoms with Crippen LogP contribution in [0.25, 0.3) is 0 Å². The van der Waals surface area contributed by atoms with Gasteiger partial charge in [-0.15, -0.1) is 0 Å². The first kappa shape index (κ1) is 11.5. The Morgan fingerprint density at radius 3 is 2.73 bits per heavy atom. The Hall–Kier alpha value is -1.56. The number of benzene rings is 1. The predicted molar refractivity (Wildman–Crippen MR) is 58.5 cm³/mol. The van der Waals surface area contributed by atoms with Gasteiger partial charge in [-0.2, -0.15) is 5.10 Å². The molecule has 0 bridgehead atoms. The minimum absolute atomic E-state index is 0.0360. The Labute approximate surface area is 91.0 Å². The minimum Gasteiger partial charge on any atom is -0.375 e. The van der Waals surface area contributed by atoms with E-state index in [1.807, 2.05) is 0 Å². The Bertz CT molecular complexity index is 418. The molecule has 0 amide bonds. The number of nitrogens with two attached hydrogens (primary N) is 1. The average Bonchev–Trinajstić information content (AvgIpc) is 2.18. The van der Waals surface area contributed by atoms with Crippen LogP contribution in [0.15, 0.2) is 23.3 Å². The predicted octanol–water partition coefficient (Wildman–Crippen LogP) is 1.52. The maximum atomic E-state index is 13.2. The molecule has 0 radical (unpaired) electrons. The molecule has 0 atom stereocenters. The number of hydrogen-bond acceptors (Lipinski definition) is 2. The Balaban J connectivity index is 3.00. The van der Waals surface area contributed by atoms with E-state index in [0.717, 1.165) is 6.07 Å². The highest BCUT2D eigenvalue weighted by Gasteiger charge is 2.09. The lowest BCUT2D eigenvalue weighted by atomic mass is 10.1. The van der Waals surface area contributed by atoms with Crippen LogP contribution in [0.5, 0.6) is 0 Å². The first-order chi connectivity index (χ1) is 7.02. The van der Waals surface area contributed by atoms with E-state index in [1.165, 1.54) is 19.1 Å². The van der Waals surface area contributed by atoms with Gasteiger partial charge in [0.2, 0.25) is 0 Å². The number of rotatable bonds is 2. The van der Waals surface area contributed by atoms with Crippen molar-refractivity contribution in [2.24, 2.45) is 10.8 Å². The summed E-state index contributed by atoms with van der Waals surface area (Å²) in [7, 11) is 0. The second-order valence-corrected chi connectivity index (χ2v) is 3.21. The normalized spacial score (nSPS) is 11.3. The summed E-state index contributed by atoms with van der Waals surface area (Å²) in [6.45, 7) is 1.52. The van der Waals surface area contributed by atoms with Crippen LogP contribution in [0.2, 0.25) is 0 Å². The quantitative estimate of drug-likeness (QED) is 0.459. The van der Waals surface area contributed by atoms with Crippen molar-refractivity contribution in [1.82, 2.24) is 5.43 Å². The van der Waals surface area contributed by atoms with Crippen LogP contribution < -0.4 is 11.2 Å². The van der Waals surface area contributed by atoms with Crippen LogP contribution >= 0.6 is 12.2 Å². The van der Waals surface area contributed by atoms with Crippen molar-refractivity contribution in [3.63, 3.8) is 0 Å². The van der Waals surface area contributed by atoms with Gasteiger partial charge in [-0.05, 0) is 31.3 Å². The molecular weight excluding hydrogens is 220 g/mol. The van der Waals surface area contributed by atoms with Crippen LogP contribution in [0.4, 0.5) is 8.78 Å². The molecule has 0 heterocycles. The third kappa shape index (κ3) is 2.95. The highest BCUT2D eigenvalue weighted by molar-refractivity contribution is 7.80. The molecule has 1 aromatic rings. The van der Waals surface area contributed by atoms with E-state index in [2.05, 4.69) is 22.7 Å². The van der Waals surface area contributed by atoms with Crippen molar-refractivity contribution in [2.75, 3.05) is 0 Å². The first-order valence-electron chi connectivity index (χ1n) is 4.06. The van der Waals surface area contributed by atoms with Gasteiger partial charge in [0.15, 0.2) is 16.7 Å². The van der Waals surface area contributed by atoms with E-state index in [0.29, 0.717) is 0 Å². The van der Waals surface area contributed by atoms with E-state index >= 15 is 0 Å². The van der Waals surface area contributed by atoms with E-state index in [4.69, 9.17) is 5.73 Å². The van der Waals surface area contributed by atoms with Gasteiger partial charge in [0, 0.05) is 5.56 Å². The molecule has 80 valence electrons. The number of thiocarbonyl (C=S) groups is 1. The molecule has 3 nitrogen and oxygen atoms in total. The van der Waals surface area contributed by atoms with Crippen molar-refractivity contribution < 1.29 is 8.78 Å². The molecule has 3 N–H and O–H groups in total. The summed E-state index contributed by atoms with van der Waals surface area (Å²) < 4.78 is 26.1. The molecular formula is C9H9F2N3S. The van der Waals surface area contributed by atoms with E-state index in [1.54, 1.807) is 0 Å². The maximum Gasteiger partial charge on any atom is 0.184 e. The molecule has 1 rings (SSSR count). The summed E-state index contributed by atoms with van der Waals surface area (Å²) in [6.07, 6.45) is 0. The maximum absolute atomic E-state index is 13.2. The lowest BCUT2D eigenvalue weighted by molar-refractivity contribution is 0.507. The molecule has 0 aliphatic carbocycles. The number of nitrogens with one attached hydrogen (secondary N) is 1. The largest absolute Gasteiger partial charge is 0.375 e. The Morgan fingerprint density at radius 1 is 1.47 bits per heavy atom. The fourth-order valence-electron chi connectivity index (χ4n) is 0.982. The Morgan fingerprint density at radius 2 is 2.13 bits per heavy atom. The van der Waals surface area contributed by atoms with Gasteiger partial charge in [0.1, 0.15) is 0 Å². The van der Waals surface area contributed by atoms with Crippen molar-refractivity contribution in [1.29, 1.82) is 0 Å². The fraction of sp³-hybridized carbons (Fsp3) is 0.111. The number of nitrogens with zero attached hydrogens (tertiary/aromatic N) is 1. The molecule has 15 heavy (non-hydrogen) atoms. The molecule has 1 aromatic carbocycles. The van der Waals surface area contributed by atoms with Crippen molar-refractivity contribution in [3.05, 3.63) is 35.4 Å². The van der Waals surface area contributed by atoms with Crippen LogP contribution in [-0.4, -0.2) is 10.8 Å². The second-order valence-electron chi connectivity index (χ2n) is 2.77. The summed E-state index contributed by atoms with van der Waals surface area (Å²) in [5.74, 6) is -1.86. The zero-order valence-corrected chi connectivity index (χ0v) is 8.74. The molecule has 0 spiro atoms. The van der Waals surface area contributed by atoms with Crippen molar-refractivity contribution in [2.45, 2.75) is 6.92 Å². The van der Waals surface area contributed by atoms with Gasteiger partial charge in [-0.25, -0.2) is 8.78 Å². The zero-order chi connectivity index (χ0) is 11.4. The van der Waals surface area contributed by atoms with Gasteiger partial charge in [-0.3, -0.25) is 5.43 Å². The minimum atomic E-state index is -0.941. The third-order valence-electron chi connectivity index (χ3n) is 1.68. The summed E-state index contributed by atoms with van der Waals surface area (Å²) in [5, 5.41) is 3.65. The van der Waals surface area contributed by atoms with Crippen LogP contribution in [0.3, 0.4) is 0 Å². The molecule has 0 saturated heterocycles. The number of hydrogen-bond donors (Lipinski definition) is 2. The number of hydrazone groups is 1. The van der Waals surface area contributed by atoms with Crippen molar-refractivity contribution >= 4 is 23.0 Å². The molecule has 0 aliphatic heterocycles. The molecule has 0 saturated carbocycles. The van der Waals surface area contributed by atoms with Crippen LogP contribution in [-0.2, 0) is 0 Å². The monoisotopic (exact) mass is 229 g/mol. The standard InChI is InChI=1S/C9H9F2N3S/c1-5(13-14-9(12)15)6-3-2-4-7(10)8(6)11/h2-4H,1H3,(H3,12,14,15)/b13-5-. The summed E-state index contributed by atoms with van der Waals surface area (Å²) in [6, 6.07) is 3.85. The molecule has 0 unspecified atom stereocenters. The van der Waals surface area contributed by atoms with Gasteiger partial charge < -0.3 is 5.73 Å². The van der Waals surface area contributed by atoms with E-state index < -0.39 is 11.6 Å². The molecule has 0 fully saturated rings. The highest BCUT2D eigenvalue weighted by atomic mass is 32.1. The van der Waals surface area contributed by atoms with Gasteiger partial charge in [0.25, 0.3) is 0 Å². The molecule has 0 aromatic heterocycles. The van der Waals surface area contributed by atoms with E-state index in [9.17, 15) is 8.78 Å². The molecule has 6 heteroatoms. The Kier molecular flexibility index (Phi) is 3.68. The summed E-state index contributed by atoms with van der Waals surface area (Å²) in [5.41, 5.74) is 7.76. The lowest BCUT2D eigenvalue weighted by Gasteiger charge is -2.03.